The maximum atomic E-state index is 13.1. The summed E-state index contributed by atoms with van der Waals surface area (Å²) in [6.07, 6.45) is 0. The lowest BCUT2D eigenvalue weighted by atomic mass is 10.1. The predicted octanol–water partition coefficient (Wildman–Crippen LogP) is 5.68. The van der Waals surface area contributed by atoms with E-state index in [-0.39, 0.29) is 5.82 Å². The molecule has 0 bridgehead atoms. The molecule has 0 unspecified atom stereocenters. The van der Waals surface area contributed by atoms with Gasteiger partial charge in [0.1, 0.15) is 18.2 Å². The van der Waals surface area contributed by atoms with E-state index in [1.54, 1.807) is 6.07 Å². The standard InChI is InChI=1S/C16H15Br2FO/c1-10-6-15(19)4-3-12(10)9-20-16-11(2)5-14(18)7-13(16)8-17/h3-7H,8-9H2,1-2H3. The molecule has 0 atom stereocenters. The van der Waals surface area contributed by atoms with Gasteiger partial charge in [-0.15, -0.1) is 0 Å². The molecule has 0 aliphatic carbocycles. The van der Waals surface area contributed by atoms with Crippen LogP contribution in [0, 0.1) is 19.7 Å². The highest BCUT2D eigenvalue weighted by molar-refractivity contribution is 9.10. The molecule has 0 spiro atoms. The van der Waals surface area contributed by atoms with Crippen molar-refractivity contribution < 1.29 is 9.13 Å². The largest absolute Gasteiger partial charge is 0.488 e. The minimum absolute atomic E-state index is 0.216. The number of aryl methyl sites for hydroxylation is 2. The van der Waals surface area contributed by atoms with Crippen LogP contribution in [0.4, 0.5) is 4.39 Å². The molecule has 1 nitrogen and oxygen atoms in total. The van der Waals surface area contributed by atoms with Gasteiger partial charge in [-0.3, -0.25) is 0 Å². The van der Waals surface area contributed by atoms with Crippen LogP contribution in [0.15, 0.2) is 34.8 Å². The Balaban J connectivity index is 2.22. The van der Waals surface area contributed by atoms with E-state index in [1.165, 1.54) is 12.1 Å². The maximum Gasteiger partial charge on any atom is 0.126 e. The van der Waals surface area contributed by atoms with Crippen molar-refractivity contribution in [3.05, 3.63) is 62.9 Å². The van der Waals surface area contributed by atoms with Crippen molar-refractivity contribution in [1.29, 1.82) is 0 Å². The van der Waals surface area contributed by atoms with Crippen LogP contribution in [0.25, 0.3) is 0 Å². The Labute approximate surface area is 135 Å². The SMILES string of the molecule is Cc1cc(F)ccc1COc1c(C)cc(Br)cc1CBr. The third-order valence-electron chi connectivity index (χ3n) is 3.14. The molecule has 0 radical (unpaired) electrons. The van der Waals surface area contributed by atoms with Gasteiger partial charge in [0.25, 0.3) is 0 Å². The van der Waals surface area contributed by atoms with E-state index < -0.39 is 0 Å². The first-order chi connectivity index (χ1) is 9.51. The van der Waals surface area contributed by atoms with Crippen LogP contribution in [-0.4, -0.2) is 0 Å². The summed E-state index contributed by atoms with van der Waals surface area (Å²) in [5.74, 6) is 0.668. The number of halogens is 3. The van der Waals surface area contributed by atoms with E-state index in [4.69, 9.17) is 4.74 Å². The van der Waals surface area contributed by atoms with E-state index in [2.05, 4.69) is 31.9 Å². The second-order valence-electron chi connectivity index (χ2n) is 4.70. The molecule has 0 aliphatic rings. The molecule has 20 heavy (non-hydrogen) atoms. The van der Waals surface area contributed by atoms with E-state index in [1.807, 2.05) is 26.0 Å². The van der Waals surface area contributed by atoms with E-state index >= 15 is 0 Å². The van der Waals surface area contributed by atoms with Gasteiger partial charge in [0, 0.05) is 15.4 Å². The highest BCUT2D eigenvalue weighted by Crippen LogP contribution is 2.30. The van der Waals surface area contributed by atoms with Gasteiger partial charge < -0.3 is 4.74 Å². The molecule has 4 heteroatoms. The van der Waals surface area contributed by atoms with E-state index in [9.17, 15) is 4.39 Å². The summed E-state index contributed by atoms with van der Waals surface area (Å²) >= 11 is 6.96. The molecular weight excluding hydrogens is 387 g/mol. The van der Waals surface area contributed by atoms with Crippen LogP contribution >= 0.6 is 31.9 Å². The molecule has 0 fully saturated rings. The lowest BCUT2D eigenvalue weighted by Gasteiger charge is -2.15. The second-order valence-corrected chi connectivity index (χ2v) is 6.18. The summed E-state index contributed by atoms with van der Waals surface area (Å²) < 4.78 is 20.1. The number of ether oxygens (including phenoxy) is 1. The van der Waals surface area contributed by atoms with Crippen molar-refractivity contribution in [2.75, 3.05) is 0 Å². The quantitative estimate of drug-likeness (QED) is 0.599. The van der Waals surface area contributed by atoms with Gasteiger partial charge in [0.05, 0.1) is 0 Å². The fourth-order valence-corrected chi connectivity index (χ4v) is 3.11. The number of benzene rings is 2. The Hall–Kier alpha value is -0.870. The zero-order valence-corrected chi connectivity index (χ0v) is 14.5. The van der Waals surface area contributed by atoms with Crippen LogP contribution in [0.2, 0.25) is 0 Å². The van der Waals surface area contributed by atoms with E-state index in [0.29, 0.717) is 6.61 Å². The third kappa shape index (κ3) is 3.61. The van der Waals surface area contributed by atoms with Gasteiger partial charge in [-0.1, -0.05) is 37.9 Å². The van der Waals surface area contributed by atoms with E-state index in [0.717, 1.165) is 37.8 Å². The molecular formula is C16H15Br2FO. The summed E-state index contributed by atoms with van der Waals surface area (Å²) in [5.41, 5.74) is 4.07. The Morgan fingerprint density at radius 1 is 1.05 bits per heavy atom. The zero-order valence-electron chi connectivity index (χ0n) is 11.3. The van der Waals surface area contributed by atoms with Crippen molar-refractivity contribution in [3.63, 3.8) is 0 Å². The van der Waals surface area contributed by atoms with Crippen LogP contribution in [0.3, 0.4) is 0 Å². The molecule has 0 saturated carbocycles. The van der Waals surface area contributed by atoms with Crippen molar-refractivity contribution >= 4 is 31.9 Å². The molecule has 0 amide bonds. The molecule has 0 heterocycles. The second kappa shape index (κ2) is 6.72. The van der Waals surface area contributed by atoms with Gasteiger partial charge in [-0.25, -0.2) is 4.39 Å². The van der Waals surface area contributed by atoms with Crippen molar-refractivity contribution in [1.82, 2.24) is 0 Å². The van der Waals surface area contributed by atoms with Crippen LogP contribution < -0.4 is 4.74 Å². The number of rotatable bonds is 4. The van der Waals surface area contributed by atoms with Gasteiger partial charge in [0.15, 0.2) is 0 Å². The van der Waals surface area contributed by atoms with Crippen LogP contribution in [-0.2, 0) is 11.9 Å². The normalized spacial score (nSPS) is 10.7. The number of alkyl halides is 1. The first-order valence-corrected chi connectivity index (χ1v) is 8.15. The third-order valence-corrected chi connectivity index (χ3v) is 4.20. The fraction of sp³-hybridized carbons (Fsp3) is 0.250. The number of hydrogen-bond acceptors (Lipinski definition) is 1. The molecule has 106 valence electrons. The average molecular weight is 402 g/mol. The first kappa shape index (κ1) is 15.5. The maximum absolute atomic E-state index is 13.1. The summed E-state index contributed by atoms with van der Waals surface area (Å²) in [7, 11) is 0. The Bertz CT molecular complexity index is 626. The highest BCUT2D eigenvalue weighted by Gasteiger charge is 2.09. The summed E-state index contributed by atoms with van der Waals surface area (Å²) in [5, 5.41) is 0.727. The minimum Gasteiger partial charge on any atom is -0.488 e. The monoisotopic (exact) mass is 400 g/mol. The smallest absolute Gasteiger partial charge is 0.126 e. The zero-order chi connectivity index (χ0) is 14.7. The molecule has 0 saturated heterocycles. The van der Waals surface area contributed by atoms with Gasteiger partial charge in [0.2, 0.25) is 0 Å². The van der Waals surface area contributed by atoms with Gasteiger partial charge in [-0.05, 0) is 54.8 Å². The van der Waals surface area contributed by atoms with Crippen LogP contribution in [0.5, 0.6) is 5.75 Å². The lowest BCUT2D eigenvalue weighted by Crippen LogP contribution is -2.02. The topological polar surface area (TPSA) is 9.23 Å². The predicted molar refractivity (Wildman–Crippen MR) is 87.0 cm³/mol. The highest BCUT2D eigenvalue weighted by atomic mass is 79.9. The Morgan fingerprint density at radius 2 is 1.80 bits per heavy atom. The minimum atomic E-state index is -0.216. The van der Waals surface area contributed by atoms with Gasteiger partial charge >= 0.3 is 0 Å². The number of hydrogen-bond donors (Lipinski definition) is 0. The Kier molecular flexibility index (Phi) is 5.22. The van der Waals surface area contributed by atoms with Crippen molar-refractivity contribution in [3.8, 4) is 5.75 Å². The average Bonchev–Trinajstić information content (AvgIpc) is 2.38. The van der Waals surface area contributed by atoms with Crippen molar-refractivity contribution in [2.24, 2.45) is 0 Å². The molecule has 2 rings (SSSR count). The van der Waals surface area contributed by atoms with Crippen molar-refractivity contribution in [2.45, 2.75) is 25.8 Å². The lowest BCUT2D eigenvalue weighted by molar-refractivity contribution is 0.301. The molecule has 0 aliphatic heterocycles. The summed E-state index contributed by atoms with van der Waals surface area (Å²) in [6, 6.07) is 8.82. The molecule has 0 N–H and O–H groups in total. The molecule has 2 aromatic rings. The van der Waals surface area contributed by atoms with Gasteiger partial charge in [-0.2, -0.15) is 0 Å². The molecule has 0 aromatic heterocycles. The summed E-state index contributed by atoms with van der Waals surface area (Å²) in [4.78, 5) is 0. The Morgan fingerprint density at radius 3 is 2.45 bits per heavy atom. The fourth-order valence-electron chi connectivity index (χ4n) is 2.08. The first-order valence-electron chi connectivity index (χ1n) is 6.24. The summed E-state index contributed by atoms with van der Waals surface area (Å²) in [6.45, 7) is 4.35. The molecule has 2 aromatic carbocycles. The van der Waals surface area contributed by atoms with Crippen LogP contribution in [0.1, 0.15) is 22.3 Å².